The number of para-hydroxylation sites is 2. The van der Waals surface area contributed by atoms with Crippen LogP contribution in [0.25, 0.3) is 0 Å². The van der Waals surface area contributed by atoms with E-state index in [1.165, 1.54) is 0 Å². The maximum Gasteiger partial charge on any atom is 0.298 e. The average molecular weight is 241 g/mol. The lowest BCUT2D eigenvalue weighted by Gasteiger charge is -2.08. The van der Waals surface area contributed by atoms with Crippen LogP contribution in [0.5, 0.6) is 5.75 Å². The van der Waals surface area contributed by atoms with Crippen molar-refractivity contribution < 1.29 is 14.3 Å². The van der Waals surface area contributed by atoms with E-state index in [-0.39, 0.29) is 5.91 Å². The number of rotatable bonds is 4. The molecule has 2 aromatic rings. The second-order valence-electron chi connectivity index (χ2n) is 3.53. The zero-order valence-corrected chi connectivity index (χ0v) is 9.50. The molecule has 0 spiro atoms. The molecule has 0 radical (unpaired) electrons. The van der Waals surface area contributed by atoms with Gasteiger partial charge in [0.15, 0.2) is 5.75 Å². The number of benzene rings is 2. The molecule has 90 valence electrons. The highest BCUT2D eigenvalue weighted by molar-refractivity contribution is 6.05. The largest absolute Gasteiger partial charge is 0.427 e. The maximum absolute atomic E-state index is 11.9. The highest BCUT2D eigenvalue weighted by Gasteiger charge is 2.08. The second kappa shape index (κ2) is 5.63. The molecule has 4 heteroatoms. The third-order valence-electron chi connectivity index (χ3n) is 2.35. The molecular weight excluding hydrogens is 230 g/mol. The first kappa shape index (κ1) is 11.9. The summed E-state index contributed by atoms with van der Waals surface area (Å²) in [7, 11) is 0. The Morgan fingerprint density at radius 3 is 2.39 bits per heavy atom. The topological polar surface area (TPSA) is 55.4 Å². The highest BCUT2D eigenvalue weighted by atomic mass is 16.5. The summed E-state index contributed by atoms with van der Waals surface area (Å²) < 4.78 is 4.78. The number of anilines is 1. The lowest BCUT2D eigenvalue weighted by atomic mass is 10.2. The molecule has 0 unspecified atom stereocenters. The van der Waals surface area contributed by atoms with Crippen LogP contribution in [-0.2, 0) is 4.79 Å². The van der Waals surface area contributed by atoms with Crippen LogP contribution in [-0.4, -0.2) is 12.4 Å². The number of carbonyl (C=O) groups is 2. The number of hydrogen-bond donors (Lipinski definition) is 1. The molecule has 0 fully saturated rings. The van der Waals surface area contributed by atoms with Crippen LogP contribution < -0.4 is 10.1 Å². The molecule has 0 aromatic heterocycles. The van der Waals surface area contributed by atoms with E-state index >= 15 is 0 Å². The predicted octanol–water partition coefficient (Wildman–Crippen LogP) is 2.47. The molecule has 0 saturated carbocycles. The van der Waals surface area contributed by atoms with Gasteiger partial charge in [-0.2, -0.15) is 0 Å². The van der Waals surface area contributed by atoms with E-state index in [0.717, 1.165) is 0 Å². The van der Waals surface area contributed by atoms with E-state index in [4.69, 9.17) is 4.74 Å². The Labute approximate surface area is 104 Å². The number of nitrogens with one attached hydrogen (secondary N) is 1. The Kier molecular flexibility index (Phi) is 3.71. The molecule has 0 aliphatic heterocycles. The minimum atomic E-state index is -0.252. The van der Waals surface area contributed by atoms with Crippen LogP contribution in [0, 0.1) is 0 Å². The van der Waals surface area contributed by atoms with Crippen molar-refractivity contribution in [1.82, 2.24) is 0 Å². The molecular formula is C14H11NO3. The van der Waals surface area contributed by atoms with Crippen molar-refractivity contribution in [2.75, 3.05) is 5.32 Å². The molecule has 0 aliphatic carbocycles. The maximum atomic E-state index is 11.9. The van der Waals surface area contributed by atoms with Crippen molar-refractivity contribution in [2.45, 2.75) is 0 Å². The third kappa shape index (κ3) is 2.74. The van der Waals surface area contributed by atoms with Gasteiger partial charge in [-0.1, -0.05) is 30.3 Å². The van der Waals surface area contributed by atoms with Crippen LogP contribution in [0.2, 0.25) is 0 Å². The highest BCUT2D eigenvalue weighted by Crippen LogP contribution is 2.23. The van der Waals surface area contributed by atoms with E-state index in [1.54, 1.807) is 48.5 Å². The minimum Gasteiger partial charge on any atom is -0.427 e. The van der Waals surface area contributed by atoms with Crippen LogP contribution in [0.1, 0.15) is 10.4 Å². The van der Waals surface area contributed by atoms with Gasteiger partial charge in [-0.15, -0.1) is 0 Å². The first-order valence-electron chi connectivity index (χ1n) is 5.37. The predicted molar refractivity (Wildman–Crippen MR) is 67.5 cm³/mol. The molecule has 1 N–H and O–H groups in total. The van der Waals surface area contributed by atoms with Crippen LogP contribution in [0.15, 0.2) is 54.6 Å². The lowest BCUT2D eigenvalue weighted by molar-refractivity contribution is -0.120. The molecule has 1 amide bonds. The molecule has 0 saturated heterocycles. The lowest BCUT2D eigenvalue weighted by Crippen LogP contribution is -2.12. The molecule has 0 aliphatic rings. The third-order valence-corrected chi connectivity index (χ3v) is 2.35. The summed E-state index contributed by atoms with van der Waals surface area (Å²) in [5.41, 5.74) is 0.997. The molecule has 18 heavy (non-hydrogen) atoms. The normalized spacial score (nSPS) is 9.56. The summed E-state index contributed by atoms with van der Waals surface area (Å²) in [6.07, 6.45) is 0. The molecule has 2 aromatic carbocycles. The van der Waals surface area contributed by atoms with Crippen LogP contribution >= 0.6 is 0 Å². The number of carbonyl (C=O) groups excluding carboxylic acids is 2. The van der Waals surface area contributed by atoms with Crippen molar-refractivity contribution in [3.05, 3.63) is 60.2 Å². The van der Waals surface area contributed by atoms with E-state index < -0.39 is 0 Å². The summed E-state index contributed by atoms with van der Waals surface area (Å²) in [5.74, 6) is 0.0642. The minimum absolute atomic E-state index is 0.252. The zero-order chi connectivity index (χ0) is 12.8. The Hall–Kier alpha value is -2.62. The standard InChI is InChI=1S/C14H11NO3/c16-10-18-13-9-5-4-8-12(13)15-14(17)11-6-2-1-3-7-11/h1-10H,(H,15,17). The Morgan fingerprint density at radius 1 is 1.00 bits per heavy atom. The van der Waals surface area contributed by atoms with Crippen molar-refractivity contribution in [1.29, 1.82) is 0 Å². The Balaban J connectivity index is 2.19. The fourth-order valence-corrected chi connectivity index (χ4v) is 1.51. The van der Waals surface area contributed by atoms with E-state index in [0.29, 0.717) is 23.5 Å². The van der Waals surface area contributed by atoms with Crippen LogP contribution in [0.3, 0.4) is 0 Å². The van der Waals surface area contributed by atoms with E-state index in [9.17, 15) is 9.59 Å². The van der Waals surface area contributed by atoms with Gasteiger partial charge in [-0.3, -0.25) is 9.59 Å². The second-order valence-corrected chi connectivity index (χ2v) is 3.53. The first-order chi connectivity index (χ1) is 8.81. The van der Waals surface area contributed by atoms with Crippen molar-refractivity contribution in [3.63, 3.8) is 0 Å². The van der Waals surface area contributed by atoms with Gasteiger partial charge in [-0.05, 0) is 24.3 Å². The summed E-state index contributed by atoms with van der Waals surface area (Å²) in [5, 5.41) is 2.69. The molecule has 2 rings (SSSR count). The van der Waals surface area contributed by atoms with Gasteiger partial charge in [-0.25, -0.2) is 0 Å². The fraction of sp³-hybridized carbons (Fsp3) is 0. The van der Waals surface area contributed by atoms with E-state index in [2.05, 4.69) is 5.32 Å². The molecule has 4 nitrogen and oxygen atoms in total. The Morgan fingerprint density at radius 2 is 1.67 bits per heavy atom. The summed E-state index contributed by atoms with van der Waals surface area (Å²) in [6.45, 7) is 0.327. The first-order valence-corrected chi connectivity index (χ1v) is 5.37. The SMILES string of the molecule is O=COc1ccccc1NC(=O)c1ccccc1. The molecule has 0 heterocycles. The summed E-state index contributed by atoms with van der Waals surface area (Å²) >= 11 is 0. The van der Waals surface area contributed by atoms with Gasteiger partial charge in [0, 0.05) is 5.56 Å². The monoisotopic (exact) mass is 241 g/mol. The zero-order valence-electron chi connectivity index (χ0n) is 9.50. The number of ether oxygens (including phenoxy) is 1. The van der Waals surface area contributed by atoms with Crippen molar-refractivity contribution in [3.8, 4) is 5.75 Å². The van der Waals surface area contributed by atoms with Gasteiger partial charge in [0.1, 0.15) is 0 Å². The van der Waals surface area contributed by atoms with Crippen LogP contribution in [0.4, 0.5) is 5.69 Å². The molecule has 0 atom stereocenters. The number of hydrogen-bond acceptors (Lipinski definition) is 3. The van der Waals surface area contributed by atoms with Gasteiger partial charge in [0.25, 0.3) is 12.4 Å². The van der Waals surface area contributed by atoms with Gasteiger partial charge >= 0.3 is 0 Å². The molecule has 0 bridgehead atoms. The van der Waals surface area contributed by atoms with Crippen molar-refractivity contribution in [2.24, 2.45) is 0 Å². The number of amides is 1. The fourth-order valence-electron chi connectivity index (χ4n) is 1.51. The van der Waals surface area contributed by atoms with E-state index in [1.807, 2.05) is 6.07 Å². The smallest absolute Gasteiger partial charge is 0.298 e. The van der Waals surface area contributed by atoms with Gasteiger partial charge in [0.05, 0.1) is 5.69 Å². The summed E-state index contributed by atoms with van der Waals surface area (Å²) in [6, 6.07) is 15.5. The van der Waals surface area contributed by atoms with Crippen molar-refractivity contribution >= 4 is 18.1 Å². The van der Waals surface area contributed by atoms with Gasteiger partial charge in [0.2, 0.25) is 0 Å². The Bertz CT molecular complexity index is 552. The summed E-state index contributed by atoms with van der Waals surface area (Å²) in [4.78, 5) is 22.3. The quantitative estimate of drug-likeness (QED) is 0.836. The average Bonchev–Trinajstić information content (AvgIpc) is 2.42. The van der Waals surface area contributed by atoms with Gasteiger partial charge < -0.3 is 10.1 Å².